The Morgan fingerprint density at radius 2 is 1.08 bits per heavy atom. The van der Waals surface area contributed by atoms with Crippen molar-refractivity contribution in [3.63, 3.8) is 0 Å². The van der Waals surface area contributed by atoms with Crippen LogP contribution in [-0.2, 0) is 0 Å². The molecule has 0 N–H and O–H groups in total. The van der Waals surface area contributed by atoms with Crippen LogP contribution in [0.5, 0.6) is 0 Å². The molecule has 3 heterocycles. The average Bonchev–Trinajstić information content (AvgIpc) is 3.87. The summed E-state index contributed by atoms with van der Waals surface area (Å²) in [7, 11) is 0. The van der Waals surface area contributed by atoms with Gasteiger partial charge in [-0.1, -0.05) is 109 Å². The average molecular weight is 683 g/mol. The minimum absolute atomic E-state index is 0.864. The van der Waals surface area contributed by atoms with Crippen LogP contribution in [0.4, 0.5) is 17.1 Å². The second kappa shape index (κ2) is 11.5. The lowest BCUT2D eigenvalue weighted by Crippen LogP contribution is -2.09. The predicted octanol–water partition coefficient (Wildman–Crippen LogP) is 14.2. The van der Waals surface area contributed by atoms with E-state index >= 15 is 0 Å². The van der Waals surface area contributed by atoms with Crippen molar-refractivity contribution in [1.29, 1.82) is 0 Å². The Kier molecular flexibility index (Phi) is 6.42. The Labute approximate surface area is 303 Å². The fraction of sp³-hybridized carbons (Fsp3) is 0. The van der Waals surface area contributed by atoms with Crippen molar-refractivity contribution in [3.05, 3.63) is 182 Å². The fourth-order valence-corrected chi connectivity index (χ4v) is 9.16. The molecule has 11 aromatic rings. The maximum atomic E-state index is 6.87. The molecule has 8 aromatic carbocycles. The summed E-state index contributed by atoms with van der Waals surface area (Å²) in [6, 6.07) is 65.3. The number of fused-ring (bicyclic) bond motifs is 9. The van der Waals surface area contributed by atoms with Gasteiger partial charge in [0.05, 0.1) is 11.0 Å². The van der Waals surface area contributed by atoms with Crippen LogP contribution in [0, 0.1) is 0 Å². The van der Waals surface area contributed by atoms with Crippen molar-refractivity contribution in [2.45, 2.75) is 0 Å². The van der Waals surface area contributed by atoms with Crippen molar-refractivity contribution < 1.29 is 4.42 Å². The maximum Gasteiger partial charge on any atom is 0.143 e. The highest BCUT2D eigenvalue weighted by Gasteiger charge is 2.19. The number of hydrogen-bond acceptors (Lipinski definition) is 3. The van der Waals surface area contributed by atoms with E-state index in [1.807, 2.05) is 11.3 Å². The number of para-hydroxylation sites is 4. The van der Waals surface area contributed by atoms with E-state index < -0.39 is 0 Å². The van der Waals surface area contributed by atoms with Gasteiger partial charge in [0.25, 0.3) is 0 Å². The molecular weight excluding hydrogens is 653 g/mol. The number of furan rings is 1. The summed E-state index contributed by atoms with van der Waals surface area (Å²) >= 11 is 1.84. The molecule has 11 rings (SSSR count). The van der Waals surface area contributed by atoms with Gasteiger partial charge in [-0.05, 0) is 72.3 Å². The number of rotatable bonds is 5. The van der Waals surface area contributed by atoms with Crippen LogP contribution in [0.25, 0.3) is 80.7 Å². The number of hydrogen-bond donors (Lipinski definition) is 0. The monoisotopic (exact) mass is 682 g/mol. The Morgan fingerprint density at radius 3 is 1.94 bits per heavy atom. The van der Waals surface area contributed by atoms with Crippen LogP contribution < -0.4 is 4.90 Å². The van der Waals surface area contributed by atoms with Crippen LogP contribution in [0.1, 0.15) is 0 Å². The normalized spacial score (nSPS) is 11.8. The molecule has 0 unspecified atom stereocenters. The standard InChI is InChI=1S/C48H30N2OS/c1-3-12-32(13-4-1)49(35-24-27-41-40-17-8-10-21-46(40)52-47(41)30-35)34-23-26-39-42-19-11-18-36(48(42)51-45(39)29-34)31-22-25-38-37-16-7-9-20-43(37)50(44(38)28-31)33-14-5-2-6-15-33/h1-30H. The van der Waals surface area contributed by atoms with E-state index in [2.05, 4.69) is 191 Å². The molecule has 0 atom stereocenters. The van der Waals surface area contributed by atoms with E-state index in [1.165, 1.54) is 42.0 Å². The zero-order chi connectivity index (χ0) is 34.2. The minimum Gasteiger partial charge on any atom is -0.455 e. The summed E-state index contributed by atoms with van der Waals surface area (Å²) in [5.74, 6) is 0. The van der Waals surface area contributed by atoms with Crippen molar-refractivity contribution in [2.75, 3.05) is 4.90 Å². The maximum absolute atomic E-state index is 6.87. The van der Waals surface area contributed by atoms with Gasteiger partial charge < -0.3 is 13.9 Å². The summed E-state index contributed by atoms with van der Waals surface area (Å²) in [5, 5.41) is 7.30. The molecule has 0 radical (unpaired) electrons. The largest absolute Gasteiger partial charge is 0.455 e. The molecular formula is C48H30N2OS. The van der Waals surface area contributed by atoms with Crippen molar-refractivity contribution in [3.8, 4) is 16.8 Å². The Morgan fingerprint density at radius 1 is 0.423 bits per heavy atom. The molecule has 0 aliphatic carbocycles. The SMILES string of the molecule is c1ccc(N(c2ccc3c(c2)oc2c(-c4ccc5c6ccccc6n(-c6ccccc6)c5c4)cccc23)c2ccc3c(c2)sc2ccccc23)cc1. The first-order valence-electron chi connectivity index (χ1n) is 17.6. The molecule has 0 aliphatic rings. The van der Waals surface area contributed by atoms with Gasteiger partial charge in [-0.25, -0.2) is 0 Å². The van der Waals surface area contributed by atoms with Crippen LogP contribution in [0.3, 0.4) is 0 Å². The van der Waals surface area contributed by atoms with E-state index in [-0.39, 0.29) is 0 Å². The molecule has 0 fully saturated rings. The minimum atomic E-state index is 0.864. The van der Waals surface area contributed by atoms with Gasteiger partial charge in [0.1, 0.15) is 11.2 Å². The molecule has 0 bridgehead atoms. The molecule has 3 nitrogen and oxygen atoms in total. The van der Waals surface area contributed by atoms with Gasteiger partial charge in [-0.15, -0.1) is 11.3 Å². The highest BCUT2D eigenvalue weighted by Crippen LogP contribution is 2.44. The van der Waals surface area contributed by atoms with E-state index in [0.717, 1.165) is 55.8 Å². The van der Waals surface area contributed by atoms with Crippen molar-refractivity contribution >= 4 is 92.3 Å². The van der Waals surface area contributed by atoms with Crippen molar-refractivity contribution in [1.82, 2.24) is 4.57 Å². The highest BCUT2D eigenvalue weighted by atomic mass is 32.1. The molecule has 0 spiro atoms. The number of anilines is 3. The van der Waals surface area contributed by atoms with E-state index in [9.17, 15) is 0 Å². The van der Waals surface area contributed by atoms with Crippen LogP contribution in [0.15, 0.2) is 186 Å². The van der Waals surface area contributed by atoms with E-state index in [1.54, 1.807) is 0 Å². The topological polar surface area (TPSA) is 21.3 Å². The van der Waals surface area contributed by atoms with Gasteiger partial charge in [0.2, 0.25) is 0 Å². The summed E-state index contributed by atoms with van der Waals surface area (Å²) in [4.78, 5) is 2.33. The quantitative estimate of drug-likeness (QED) is 0.180. The molecule has 0 saturated carbocycles. The van der Waals surface area contributed by atoms with Crippen LogP contribution in [0.2, 0.25) is 0 Å². The van der Waals surface area contributed by atoms with Gasteiger partial charge in [-0.2, -0.15) is 0 Å². The van der Waals surface area contributed by atoms with Gasteiger partial charge >= 0.3 is 0 Å². The van der Waals surface area contributed by atoms with Gasteiger partial charge in [0, 0.05) is 76.1 Å². The first kappa shape index (κ1) is 29.1. The van der Waals surface area contributed by atoms with E-state index in [0.29, 0.717) is 0 Å². The molecule has 3 aromatic heterocycles. The van der Waals surface area contributed by atoms with Gasteiger partial charge in [0.15, 0.2) is 0 Å². The lowest BCUT2D eigenvalue weighted by Gasteiger charge is -2.25. The summed E-state index contributed by atoms with van der Waals surface area (Å²) in [5.41, 5.74) is 10.8. The Bertz CT molecular complexity index is 3130. The summed E-state index contributed by atoms with van der Waals surface area (Å²) in [6.45, 7) is 0. The fourth-order valence-electron chi connectivity index (χ4n) is 8.02. The third-order valence-electron chi connectivity index (χ3n) is 10.4. The number of benzene rings is 8. The highest BCUT2D eigenvalue weighted by molar-refractivity contribution is 7.25. The summed E-state index contributed by atoms with van der Waals surface area (Å²) < 4.78 is 11.8. The molecule has 0 aliphatic heterocycles. The molecule has 0 amide bonds. The number of aromatic nitrogens is 1. The second-order valence-corrected chi connectivity index (χ2v) is 14.4. The molecule has 244 valence electrons. The lowest BCUT2D eigenvalue weighted by atomic mass is 10.0. The third-order valence-corrected chi connectivity index (χ3v) is 11.5. The first-order valence-corrected chi connectivity index (χ1v) is 18.4. The third kappa shape index (κ3) is 4.45. The molecule has 52 heavy (non-hydrogen) atoms. The zero-order valence-electron chi connectivity index (χ0n) is 28.0. The lowest BCUT2D eigenvalue weighted by molar-refractivity contribution is 0.670. The zero-order valence-corrected chi connectivity index (χ0v) is 28.8. The smallest absolute Gasteiger partial charge is 0.143 e. The van der Waals surface area contributed by atoms with Gasteiger partial charge in [-0.3, -0.25) is 0 Å². The Hall–Kier alpha value is -6.62. The number of nitrogens with zero attached hydrogens (tertiary/aromatic N) is 2. The molecule has 0 saturated heterocycles. The van der Waals surface area contributed by atoms with Crippen LogP contribution >= 0.6 is 11.3 Å². The van der Waals surface area contributed by atoms with Crippen LogP contribution in [-0.4, -0.2) is 4.57 Å². The number of thiophene rings is 1. The second-order valence-electron chi connectivity index (χ2n) is 13.3. The predicted molar refractivity (Wildman–Crippen MR) is 221 cm³/mol. The summed E-state index contributed by atoms with van der Waals surface area (Å²) in [6.07, 6.45) is 0. The molecule has 4 heteroatoms. The first-order chi connectivity index (χ1) is 25.8. The van der Waals surface area contributed by atoms with Crippen molar-refractivity contribution in [2.24, 2.45) is 0 Å². The van der Waals surface area contributed by atoms with E-state index in [4.69, 9.17) is 4.42 Å². The Balaban J connectivity index is 1.07.